The van der Waals surface area contributed by atoms with Gasteiger partial charge in [-0.3, -0.25) is 5.10 Å². The van der Waals surface area contributed by atoms with Crippen LogP contribution in [0.3, 0.4) is 0 Å². The molecule has 9 heteroatoms. The van der Waals surface area contributed by atoms with E-state index in [1.807, 2.05) is 24.3 Å². The van der Waals surface area contributed by atoms with Crippen LogP contribution in [0.15, 0.2) is 36.4 Å². The summed E-state index contributed by atoms with van der Waals surface area (Å²) in [5.74, 6) is 0.803. The van der Waals surface area contributed by atoms with Crippen molar-refractivity contribution in [3.8, 4) is 22.9 Å². The van der Waals surface area contributed by atoms with Crippen molar-refractivity contribution in [2.24, 2.45) is 0 Å². The molecule has 0 bridgehead atoms. The first kappa shape index (κ1) is 20.0. The molecule has 2 aromatic carbocycles. The molecule has 1 heterocycles. The Labute approximate surface area is 171 Å². The predicted molar refractivity (Wildman–Crippen MR) is 105 cm³/mol. The Balaban J connectivity index is 1.76. The fourth-order valence-corrected chi connectivity index (χ4v) is 2.98. The van der Waals surface area contributed by atoms with Crippen molar-refractivity contribution < 1.29 is 19.0 Å². The minimum absolute atomic E-state index is 0.00364. The van der Waals surface area contributed by atoms with Crippen LogP contribution in [0.2, 0.25) is 10.0 Å². The number of nitrogens with one attached hydrogen (secondary N) is 1. The first-order valence-corrected chi connectivity index (χ1v) is 9.12. The molecule has 0 aliphatic rings. The van der Waals surface area contributed by atoms with E-state index in [9.17, 15) is 4.79 Å². The summed E-state index contributed by atoms with van der Waals surface area (Å²) in [5.41, 5.74) is 1.48. The number of benzene rings is 2. The largest absolute Gasteiger partial charge is 0.497 e. The molecule has 3 aromatic rings. The fraction of sp³-hybridized carbons (Fsp3) is 0.211. The number of H-pyrrole nitrogens is 1. The summed E-state index contributed by atoms with van der Waals surface area (Å²) >= 11 is 12.7. The summed E-state index contributed by atoms with van der Waals surface area (Å²) in [7, 11) is 1.61. The molecule has 0 saturated carbocycles. The highest BCUT2D eigenvalue weighted by atomic mass is 35.5. The molecular formula is C19H17Cl2N3O4. The van der Waals surface area contributed by atoms with Crippen molar-refractivity contribution in [2.75, 3.05) is 13.7 Å². The van der Waals surface area contributed by atoms with Gasteiger partial charge in [0, 0.05) is 5.56 Å². The van der Waals surface area contributed by atoms with Gasteiger partial charge in [-0.05, 0) is 36.8 Å². The Bertz CT molecular complexity index is 951. The molecule has 0 fully saturated rings. The highest BCUT2D eigenvalue weighted by Gasteiger charge is 2.17. The van der Waals surface area contributed by atoms with Gasteiger partial charge in [0.2, 0.25) is 5.82 Å². The van der Waals surface area contributed by atoms with Crippen LogP contribution in [-0.4, -0.2) is 34.9 Å². The zero-order valence-electron chi connectivity index (χ0n) is 15.2. The lowest BCUT2D eigenvalue weighted by molar-refractivity contribution is 0.0512. The maximum atomic E-state index is 11.7. The maximum absolute atomic E-state index is 11.7. The van der Waals surface area contributed by atoms with Gasteiger partial charge in [-0.25, -0.2) is 9.78 Å². The van der Waals surface area contributed by atoms with Gasteiger partial charge in [-0.1, -0.05) is 35.3 Å². The van der Waals surface area contributed by atoms with Crippen LogP contribution in [0.1, 0.15) is 23.1 Å². The second kappa shape index (κ2) is 8.95. The second-order valence-corrected chi connectivity index (χ2v) is 6.45. The van der Waals surface area contributed by atoms with E-state index in [1.165, 1.54) is 0 Å². The average molecular weight is 422 g/mol. The van der Waals surface area contributed by atoms with Gasteiger partial charge < -0.3 is 14.2 Å². The molecule has 0 amide bonds. The number of rotatable bonds is 7. The number of hydrogen-bond donors (Lipinski definition) is 1. The monoisotopic (exact) mass is 421 g/mol. The van der Waals surface area contributed by atoms with Crippen molar-refractivity contribution in [1.29, 1.82) is 0 Å². The van der Waals surface area contributed by atoms with E-state index in [0.717, 1.165) is 11.3 Å². The minimum atomic E-state index is -0.585. The number of aromatic amines is 1. The lowest BCUT2D eigenvalue weighted by Gasteiger charge is -2.11. The molecule has 28 heavy (non-hydrogen) atoms. The number of carbonyl (C=O) groups excluding carboxylic acids is 1. The third-order valence-electron chi connectivity index (χ3n) is 3.75. The number of nitrogens with zero attached hydrogens (tertiary/aromatic N) is 2. The van der Waals surface area contributed by atoms with Crippen LogP contribution in [-0.2, 0) is 11.3 Å². The molecule has 3 rings (SSSR count). The number of carbonyl (C=O) groups is 1. The van der Waals surface area contributed by atoms with Crippen LogP contribution in [0.4, 0.5) is 0 Å². The number of aromatic nitrogens is 3. The molecule has 0 saturated heterocycles. The topological polar surface area (TPSA) is 86.3 Å². The van der Waals surface area contributed by atoms with Gasteiger partial charge in [-0.2, -0.15) is 5.10 Å². The summed E-state index contributed by atoms with van der Waals surface area (Å²) < 4.78 is 15.8. The molecule has 1 aromatic heterocycles. The van der Waals surface area contributed by atoms with E-state index in [1.54, 1.807) is 26.2 Å². The molecule has 0 radical (unpaired) electrons. The van der Waals surface area contributed by atoms with Gasteiger partial charge in [-0.15, -0.1) is 0 Å². The summed E-state index contributed by atoms with van der Waals surface area (Å²) in [6, 6.07) is 10.7. The van der Waals surface area contributed by atoms with Crippen molar-refractivity contribution in [3.05, 3.63) is 57.8 Å². The standard InChI is InChI=1S/C19H17Cl2N3O4/c1-3-27-19(25)18-22-17(23-24-18)12-8-14(20)16(15(21)9-12)28-10-11-4-6-13(26-2)7-5-11/h4-9H,3,10H2,1-2H3,(H,22,23,24). The Morgan fingerprint density at radius 2 is 1.82 bits per heavy atom. The molecule has 1 N–H and O–H groups in total. The summed E-state index contributed by atoms with van der Waals surface area (Å²) in [6.07, 6.45) is 0. The highest BCUT2D eigenvalue weighted by Crippen LogP contribution is 2.37. The summed E-state index contributed by atoms with van der Waals surface area (Å²) in [5, 5.41) is 7.15. The maximum Gasteiger partial charge on any atom is 0.375 e. The zero-order valence-corrected chi connectivity index (χ0v) is 16.7. The predicted octanol–water partition coefficient (Wildman–Crippen LogP) is 4.54. The zero-order chi connectivity index (χ0) is 20.1. The molecule has 146 valence electrons. The first-order chi connectivity index (χ1) is 13.5. The molecule has 0 spiro atoms. The molecule has 0 aliphatic heterocycles. The van der Waals surface area contributed by atoms with Crippen LogP contribution >= 0.6 is 23.2 Å². The Kier molecular flexibility index (Phi) is 6.38. The Morgan fingerprint density at radius 3 is 2.43 bits per heavy atom. The van der Waals surface area contributed by atoms with Gasteiger partial charge in [0.25, 0.3) is 0 Å². The molecule has 7 nitrogen and oxygen atoms in total. The fourth-order valence-electron chi connectivity index (χ4n) is 2.39. The average Bonchev–Trinajstić information content (AvgIpc) is 3.18. The van der Waals surface area contributed by atoms with Crippen LogP contribution in [0, 0.1) is 0 Å². The first-order valence-electron chi connectivity index (χ1n) is 8.36. The highest BCUT2D eigenvalue weighted by molar-refractivity contribution is 6.37. The third-order valence-corrected chi connectivity index (χ3v) is 4.31. The van der Waals surface area contributed by atoms with Crippen molar-refractivity contribution in [3.63, 3.8) is 0 Å². The SMILES string of the molecule is CCOC(=O)c1nc(-c2cc(Cl)c(OCc3ccc(OC)cc3)c(Cl)c2)n[nH]1. The Hall–Kier alpha value is -2.77. The number of hydrogen-bond acceptors (Lipinski definition) is 6. The molecule has 0 aliphatic carbocycles. The number of esters is 1. The van der Waals surface area contributed by atoms with Gasteiger partial charge in [0.1, 0.15) is 12.4 Å². The smallest absolute Gasteiger partial charge is 0.375 e. The van der Waals surface area contributed by atoms with Gasteiger partial charge in [0.15, 0.2) is 11.6 Å². The van der Waals surface area contributed by atoms with E-state index in [2.05, 4.69) is 15.2 Å². The van der Waals surface area contributed by atoms with Crippen molar-refractivity contribution >= 4 is 29.2 Å². The van der Waals surface area contributed by atoms with Gasteiger partial charge in [0.05, 0.1) is 23.8 Å². The van der Waals surface area contributed by atoms with E-state index in [0.29, 0.717) is 21.4 Å². The molecular weight excluding hydrogens is 405 g/mol. The number of methoxy groups -OCH3 is 1. The van der Waals surface area contributed by atoms with E-state index < -0.39 is 5.97 Å². The lowest BCUT2D eigenvalue weighted by atomic mass is 10.2. The summed E-state index contributed by atoms with van der Waals surface area (Å²) in [6.45, 7) is 2.24. The van der Waals surface area contributed by atoms with E-state index >= 15 is 0 Å². The minimum Gasteiger partial charge on any atom is -0.497 e. The van der Waals surface area contributed by atoms with Crippen molar-refractivity contribution in [2.45, 2.75) is 13.5 Å². The Morgan fingerprint density at radius 1 is 1.14 bits per heavy atom. The third kappa shape index (κ3) is 4.55. The van der Waals surface area contributed by atoms with E-state index in [4.69, 9.17) is 37.4 Å². The normalized spacial score (nSPS) is 10.6. The quantitative estimate of drug-likeness (QED) is 0.563. The van der Waals surface area contributed by atoms with Crippen LogP contribution in [0.5, 0.6) is 11.5 Å². The molecule has 0 unspecified atom stereocenters. The van der Waals surface area contributed by atoms with Crippen molar-refractivity contribution in [1.82, 2.24) is 15.2 Å². The van der Waals surface area contributed by atoms with Crippen LogP contribution < -0.4 is 9.47 Å². The lowest BCUT2D eigenvalue weighted by Crippen LogP contribution is -2.06. The summed E-state index contributed by atoms with van der Waals surface area (Å²) in [4.78, 5) is 15.8. The van der Waals surface area contributed by atoms with Crippen LogP contribution in [0.25, 0.3) is 11.4 Å². The number of halogens is 2. The van der Waals surface area contributed by atoms with E-state index in [-0.39, 0.29) is 24.9 Å². The van der Waals surface area contributed by atoms with Gasteiger partial charge >= 0.3 is 5.97 Å². The number of ether oxygens (including phenoxy) is 3. The second-order valence-electron chi connectivity index (χ2n) is 5.63. The molecule has 0 atom stereocenters.